The van der Waals surface area contributed by atoms with Crippen molar-refractivity contribution < 1.29 is 14.1 Å². The van der Waals surface area contributed by atoms with Gasteiger partial charge in [-0.15, -0.1) is 15.7 Å². The maximum Gasteiger partial charge on any atom is 0.354 e. The summed E-state index contributed by atoms with van der Waals surface area (Å²) in [7, 11) is -3.41. The van der Waals surface area contributed by atoms with Crippen LogP contribution >= 0.6 is 11.3 Å². The highest BCUT2D eigenvalue weighted by Crippen LogP contribution is 2.44. The van der Waals surface area contributed by atoms with E-state index < -0.39 is 21.5 Å². The highest BCUT2D eigenvalue weighted by atomic mass is 32.2. The molecule has 1 atom stereocenters. The van der Waals surface area contributed by atoms with Crippen molar-refractivity contribution >= 4 is 33.0 Å². The summed E-state index contributed by atoms with van der Waals surface area (Å²) in [5, 5.41) is 20.5. The maximum absolute atomic E-state index is 12.9. The van der Waals surface area contributed by atoms with Gasteiger partial charge in [0.15, 0.2) is 9.92 Å². The first-order valence-electron chi connectivity index (χ1n) is 9.76. The number of anilines is 1. The highest BCUT2D eigenvalue weighted by Gasteiger charge is 2.31. The fourth-order valence-corrected chi connectivity index (χ4v) is 6.00. The first-order chi connectivity index (χ1) is 13.6. The van der Waals surface area contributed by atoms with Crippen LogP contribution in [0.3, 0.4) is 0 Å². The number of thiophene rings is 1. The van der Waals surface area contributed by atoms with Crippen molar-refractivity contribution in [2.45, 2.75) is 68.6 Å². The van der Waals surface area contributed by atoms with Crippen molar-refractivity contribution in [3.63, 3.8) is 0 Å². The molecule has 2 aromatic rings. The predicted molar refractivity (Wildman–Crippen MR) is 115 cm³/mol. The molecule has 0 aromatic carbocycles. The second kappa shape index (κ2) is 7.16. The van der Waals surface area contributed by atoms with E-state index in [2.05, 4.69) is 9.68 Å². The molecule has 0 radical (unpaired) electrons. The van der Waals surface area contributed by atoms with Gasteiger partial charge in [0.2, 0.25) is 0 Å². The Kier molecular flexibility index (Phi) is 5.05. The third kappa shape index (κ3) is 4.09. The molecule has 9 heteroatoms. The minimum atomic E-state index is -3.41. The fourth-order valence-electron chi connectivity index (χ4n) is 3.72. The van der Waals surface area contributed by atoms with Crippen LogP contribution < -0.4 is 10.5 Å². The molecule has 29 heavy (non-hydrogen) atoms. The van der Waals surface area contributed by atoms with Gasteiger partial charge in [-0.3, -0.25) is 4.98 Å². The Hall–Kier alpha value is -1.81. The number of nitrogens with one attached hydrogen (secondary N) is 1. The van der Waals surface area contributed by atoms with Crippen molar-refractivity contribution in [1.29, 1.82) is 0 Å². The number of urea groups is 1. The molecule has 2 aliphatic carbocycles. The number of nitrogens with two attached hydrogens (primary N) is 1. The summed E-state index contributed by atoms with van der Waals surface area (Å²) in [6, 6.07) is 0.825. The molecule has 2 heterocycles. The molecule has 7 nitrogen and oxygen atoms in total. The molecule has 4 N–H and O–H groups in total. The van der Waals surface area contributed by atoms with E-state index in [1.807, 2.05) is 6.92 Å². The molecule has 4 rings (SSSR count). The molecule has 2 amide bonds. The van der Waals surface area contributed by atoms with Crippen molar-refractivity contribution in [3.8, 4) is 0 Å². The number of hydrogen-bond donors (Lipinski definition) is 3. The van der Waals surface area contributed by atoms with Crippen molar-refractivity contribution in [2.24, 2.45) is 9.50 Å². The number of carbonyl (C=O) groups excluding carboxylic acids is 1. The minimum absolute atomic E-state index is 0.264. The van der Waals surface area contributed by atoms with Gasteiger partial charge in [0.1, 0.15) is 4.21 Å². The third-order valence-electron chi connectivity index (χ3n) is 5.49. The van der Waals surface area contributed by atoms with Crippen molar-refractivity contribution in [3.05, 3.63) is 39.5 Å². The molecule has 1 fully saturated rings. The van der Waals surface area contributed by atoms with Crippen molar-refractivity contribution in [1.82, 2.24) is 4.98 Å². The summed E-state index contributed by atoms with van der Waals surface area (Å²) in [6.07, 6.45) is 5.05. The quantitative estimate of drug-likeness (QED) is 0.674. The van der Waals surface area contributed by atoms with Gasteiger partial charge in [-0.2, -0.15) is 0 Å². The van der Waals surface area contributed by atoms with Crippen molar-refractivity contribution in [2.75, 3.05) is 5.32 Å². The van der Waals surface area contributed by atoms with Crippen LogP contribution in [0.2, 0.25) is 0 Å². The molecule has 0 saturated heterocycles. The third-order valence-corrected chi connectivity index (χ3v) is 8.35. The summed E-state index contributed by atoms with van der Waals surface area (Å²) in [4.78, 5) is 17.5. The average Bonchev–Trinajstić information content (AvgIpc) is 3.13. The average molecular weight is 435 g/mol. The van der Waals surface area contributed by atoms with Crippen LogP contribution in [-0.4, -0.2) is 20.3 Å². The van der Waals surface area contributed by atoms with E-state index in [9.17, 15) is 14.1 Å². The highest BCUT2D eigenvalue weighted by molar-refractivity contribution is 7.93. The largest absolute Gasteiger partial charge is 0.386 e. The van der Waals surface area contributed by atoms with Gasteiger partial charge < -0.3 is 10.4 Å². The zero-order valence-corrected chi connectivity index (χ0v) is 18.5. The van der Waals surface area contributed by atoms with Crippen LogP contribution in [0, 0.1) is 6.92 Å². The standard InChI is InChI=1S/C20H26N4O3S2/c1-11-17(12-7-8-12)22-15-6-4-5-14(15)18(11)23-19(25)24-29(21,27)16-9-13(10-28-16)20(2,3)26/h9-10,12,26H,4-8H2,1-3H3,(H3,21,22,23,24,25,27). The Labute approximate surface area is 175 Å². The van der Waals surface area contributed by atoms with Gasteiger partial charge in [-0.1, -0.05) is 0 Å². The summed E-state index contributed by atoms with van der Waals surface area (Å²) in [5.41, 5.74) is 4.39. The smallest absolute Gasteiger partial charge is 0.354 e. The van der Waals surface area contributed by atoms with Gasteiger partial charge in [-0.05, 0) is 81.0 Å². The van der Waals surface area contributed by atoms with E-state index in [1.165, 1.54) is 0 Å². The number of nitrogens with zero attached hydrogens (tertiary/aromatic N) is 2. The summed E-state index contributed by atoms with van der Waals surface area (Å²) >= 11 is 1.13. The summed E-state index contributed by atoms with van der Waals surface area (Å²) < 4.78 is 17.0. The predicted octanol–water partition coefficient (Wildman–Crippen LogP) is 3.98. The lowest BCUT2D eigenvalue weighted by molar-refractivity contribution is 0.0789. The summed E-state index contributed by atoms with van der Waals surface area (Å²) in [6.45, 7) is 5.24. The van der Waals surface area contributed by atoms with Gasteiger partial charge >= 0.3 is 6.03 Å². The SMILES string of the molecule is Cc1c(C2CC2)nc2c(c1NC(=O)N=S(N)(=O)c1cc(C(C)(C)O)cs1)CCC2. The lowest BCUT2D eigenvalue weighted by Gasteiger charge is -2.16. The Bertz CT molecular complexity index is 1100. The number of amides is 2. The number of aryl methyl sites for hydroxylation is 1. The van der Waals surface area contributed by atoms with E-state index >= 15 is 0 Å². The fraction of sp³-hybridized carbons (Fsp3) is 0.500. The van der Waals surface area contributed by atoms with E-state index in [1.54, 1.807) is 25.3 Å². The monoisotopic (exact) mass is 434 g/mol. The first-order valence-corrected chi connectivity index (χ1v) is 12.2. The van der Waals surface area contributed by atoms with Gasteiger partial charge in [0, 0.05) is 17.3 Å². The molecule has 0 bridgehead atoms. The molecule has 2 aromatic heterocycles. The number of pyridine rings is 1. The Morgan fingerprint density at radius 3 is 2.76 bits per heavy atom. The molecule has 1 unspecified atom stereocenters. The molecule has 1 saturated carbocycles. The number of aliphatic hydroxyl groups is 1. The zero-order chi connectivity index (χ0) is 21.0. The lowest BCUT2D eigenvalue weighted by atomic mass is 10.0. The number of rotatable bonds is 4. The second-order valence-corrected chi connectivity index (χ2v) is 11.3. The second-order valence-electron chi connectivity index (χ2n) is 8.35. The normalized spacial score (nSPS) is 18.2. The van der Waals surface area contributed by atoms with Gasteiger partial charge in [0.25, 0.3) is 0 Å². The lowest BCUT2D eigenvalue weighted by Crippen LogP contribution is -2.19. The van der Waals surface area contributed by atoms with E-state index in [4.69, 9.17) is 10.1 Å². The topological polar surface area (TPSA) is 118 Å². The number of aromatic nitrogens is 1. The Morgan fingerprint density at radius 2 is 2.14 bits per heavy atom. The van der Waals surface area contributed by atoms with Crippen LogP contribution in [0.4, 0.5) is 10.5 Å². The Balaban J connectivity index is 1.65. The van der Waals surface area contributed by atoms with Crippen LogP contribution in [0.5, 0.6) is 0 Å². The number of hydrogen-bond acceptors (Lipinski definition) is 5. The molecule has 0 spiro atoms. The number of carbonyl (C=O) groups is 1. The summed E-state index contributed by atoms with van der Waals surface area (Å²) in [5.74, 6) is 0.471. The molecular formula is C20H26N4O3S2. The van der Waals surface area contributed by atoms with Gasteiger partial charge in [-0.25, -0.2) is 14.1 Å². The van der Waals surface area contributed by atoms with Crippen LogP contribution in [0.1, 0.15) is 67.1 Å². The first kappa shape index (κ1) is 20.5. The van der Waals surface area contributed by atoms with Crippen LogP contribution in [0.15, 0.2) is 20.0 Å². The number of fused-ring (bicyclic) bond motifs is 1. The van der Waals surface area contributed by atoms with E-state index in [0.29, 0.717) is 11.5 Å². The zero-order valence-electron chi connectivity index (χ0n) is 16.8. The molecule has 2 aliphatic rings. The molecule has 156 valence electrons. The molecule has 0 aliphatic heterocycles. The Morgan fingerprint density at radius 1 is 1.41 bits per heavy atom. The van der Waals surface area contributed by atoms with E-state index in [-0.39, 0.29) is 4.21 Å². The van der Waals surface area contributed by atoms with Crippen LogP contribution in [0.25, 0.3) is 0 Å². The van der Waals surface area contributed by atoms with Gasteiger partial charge in [0.05, 0.1) is 11.3 Å². The van der Waals surface area contributed by atoms with E-state index in [0.717, 1.165) is 71.6 Å². The molecular weight excluding hydrogens is 408 g/mol. The maximum atomic E-state index is 12.9. The minimum Gasteiger partial charge on any atom is -0.386 e. The van der Waals surface area contributed by atoms with Crippen LogP contribution in [-0.2, 0) is 28.4 Å².